The molecule has 1 aromatic heterocycles. The summed E-state index contributed by atoms with van der Waals surface area (Å²) in [5.74, 6) is 6.21. The van der Waals surface area contributed by atoms with Gasteiger partial charge in [0.1, 0.15) is 17.4 Å². The van der Waals surface area contributed by atoms with Crippen LogP contribution in [0, 0.1) is 37.0 Å². The van der Waals surface area contributed by atoms with E-state index in [4.69, 9.17) is 4.74 Å². The number of amides is 1. The zero-order chi connectivity index (χ0) is 22.2. The third kappa shape index (κ3) is 5.23. The zero-order valence-corrected chi connectivity index (χ0v) is 17.8. The number of carbonyl (C=O) groups is 1. The lowest BCUT2D eigenvalue weighted by atomic mass is 10.1. The molecule has 0 spiro atoms. The van der Waals surface area contributed by atoms with Gasteiger partial charge in [-0.3, -0.25) is 4.79 Å². The Labute approximate surface area is 182 Å². The van der Waals surface area contributed by atoms with Gasteiger partial charge in [-0.15, -0.1) is 0 Å². The highest BCUT2D eigenvalue weighted by molar-refractivity contribution is 6.02. The molecule has 3 rings (SSSR count). The van der Waals surface area contributed by atoms with E-state index in [2.05, 4.69) is 21.7 Å². The molecule has 2 aromatic carbocycles. The Hall–Kier alpha value is -4.22. The van der Waals surface area contributed by atoms with Crippen molar-refractivity contribution in [2.45, 2.75) is 13.8 Å². The molecule has 154 valence electrons. The number of aryl methyl sites for hydroxylation is 1. The van der Waals surface area contributed by atoms with Gasteiger partial charge >= 0.3 is 0 Å². The second-order valence-electron chi connectivity index (χ2n) is 6.88. The molecule has 0 fully saturated rings. The van der Waals surface area contributed by atoms with Crippen molar-refractivity contribution in [3.8, 4) is 29.3 Å². The van der Waals surface area contributed by atoms with Gasteiger partial charge in [-0.2, -0.15) is 5.26 Å². The number of nitrogens with zero attached hydrogens (tertiary/aromatic N) is 2. The van der Waals surface area contributed by atoms with Crippen LogP contribution in [0.3, 0.4) is 0 Å². The average molecular weight is 409 g/mol. The number of carbonyl (C=O) groups excluding carboxylic acids is 1. The van der Waals surface area contributed by atoms with Crippen LogP contribution in [-0.2, 0) is 4.79 Å². The van der Waals surface area contributed by atoms with E-state index in [0.29, 0.717) is 0 Å². The van der Waals surface area contributed by atoms with Gasteiger partial charge < -0.3 is 14.6 Å². The van der Waals surface area contributed by atoms with Gasteiger partial charge in [0.05, 0.1) is 13.7 Å². The Bertz CT molecular complexity index is 1200. The van der Waals surface area contributed by atoms with Crippen LogP contribution in [0.25, 0.3) is 11.8 Å². The van der Waals surface area contributed by atoms with Crippen molar-refractivity contribution in [1.82, 2.24) is 9.88 Å². The predicted octanol–water partition coefficient (Wildman–Crippen LogP) is 4.18. The summed E-state index contributed by atoms with van der Waals surface area (Å²) in [6.45, 7) is 4.11. The number of nitrogens with one attached hydrogen (secondary N) is 1. The van der Waals surface area contributed by atoms with E-state index in [1.54, 1.807) is 13.2 Å². The smallest absolute Gasteiger partial charge is 0.262 e. The molecule has 0 saturated heterocycles. The highest BCUT2D eigenvalue weighted by Crippen LogP contribution is 2.24. The molecule has 0 saturated carbocycles. The van der Waals surface area contributed by atoms with Crippen LogP contribution in [0.4, 0.5) is 0 Å². The van der Waals surface area contributed by atoms with Crippen LogP contribution in [0.5, 0.6) is 5.75 Å². The van der Waals surface area contributed by atoms with Crippen molar-refractivity contribution in [2.24, 2.45) is 0 Å². The fourth-order valence-corrected chi connectivity index (χ4v) is 3.25. The highest BCUT2D eigenvalue weighted by Gasteiger charge is 2.13. The van der Waals surface area contributed by atoms with Crippen LogP contribution >= 0.6 is 0 Å². The van der Waals surface area contributed by atoms with Crippen LogP contribution in [0.1, 0.15) is 22.5 Å². The monoisotopic (exact) mass is 409 g/mol. The Morgan fingerprint density at radius 2 is 1.84 bits per heavy atom. The molecule has 0 bridgehead atoms. The molecule has 0 aliphatic heterocycles. The largest absolute Gasteiger partial charge is 0.497 e. The van der Waals surface area contributed by atoms with Gasteiger partial charge in [0.25, 0.3) is 5.91 Å². The third-order valence-corrected chi connectivity index (χ3v) is 4.81. The van der Waals surface area contributed by atoms with Crippen LogP contribution in [-0.4, -0.2) is 24.1 Å². The molecule has 5 nitrogen and oxygen atoms in total. The summed E-state index contributed by atoms with van der Waals surface area (Å²) in [7, 11) is 1.63. The van der Waals surface area contributed by atoms with Crippen molar-refractivity contribution in [2.75, 3.05) is 13.7 Å². The van der Waals surface area contributed by atoms with Gasteiger partial charge in [0.2, 0.25) is 0 Å². The number of hydrogen-bond donors (Lipinski definition) is 1. The minimum absolute atomic E-state index is 0.0384. The molecule has 31 heavy (non-hydrogen) atoms. The Morgan fingerprint density at radius 1 is 1.13 bits per heavy atom. The molecule has 1 heterocycles. The maximum atomic E-state index is 12.4. The van der Waals surface area contributed by atoms with Crippen molar-refractivity contribution >= 4 is 12.0 Å². The molecule has 0 aliphatic rings. The third-order valence-electron chi connectivity index (χ3n) is 4.81. The van der Waals surface area contributed by atoms with Gasteiger partial charge in [-0.25, -0.2) is 0 Å². The van der Waals surface area contributed by atoms with E-state index in [-0.39, 0.29) is 12.1 Å². The Kier molecular flexibility index (Phi) is 6.93. The first-order valence-corrected chi connectivity index (χ1v) is 9.80. The van der Waals surface area contributed by atoms with Gasteiger partial charge in [0.15, 0.2) is 0 Å². The van der Waals surface area contributed by atoms with Crippen molar-refractivity contribution in [1.29, 1.82) is 5.26 Å². The lowest BCUT2D eigenvalue weighted by Crippen LogP contribution is -2.24. The van der Waals surface area contributed by atoms with Crippen molar-refractivity contribution < 1.29 is 9.53 Å². The second kappa shape index (κ2) is 10.0. The van der Waals surface area contributed by atoms with E-state index in [1.165, 1.54) is 0 Å². The highest BCUT2D eigenvalue weighted by atomic mass is 16.5. The molecule has 0 atom stereocenters. The first-order valence-electron chi connectivity index (χ1n) is 9.80. The number of rotatable bonds is 5. The predicted molar refractivity (Wildman–Crippen MR) is 122 cm³/mol. The summed E-state index contributed by atoms with van der Waals surface area (Å²) in [6, 6.07) is 21.2. The van der Waals surface area contributed by atoms with Crippen molar-refractivity contribution in [3.05, 3.63) is 88.8 Å². The summed E-state index contributed by atoms with van der Waals surface area (Å²) in [4.78, 5) is 12.4. The fourth-order valence-electron chi connectivity index (χ4n) is 3.25. The number of aromatic nitrogens is 1. The maximum Gasteiger partial charge on any atom is 0.262 e. The minimum atomic E-state index is -0.445. The summed E-state index contributed by atoms with van der Waals surface area (Å²) in [5.41, 5.74) is 4.65. The normalized spacial score (nSPS) is 10.6. The van der Waals surface area contributed by atoms with Crippen molar-refractivity contribution in [3.63, 3.8) is 0 Å². The topological polar surface area (TPSA) is 67.0 Å². The summed E-state index contributed by atoms with van der Waals surface area (Å²) in [5, 5.41) is 12.2. The van der Waals surface area contributed by atoms with E-state index in [9.17, 15) is 10.1 Å². The van der Waals surface area contributed by atoms with Gasteiger partial charge in [-0.1, -0.05) is 30.0 Å². The summed E-state index contributed by atoms with van der Waals surface area (Å²) in [6.07, 6.45) is 1.61. The molecular weight excluding hydrogens is 386 g/mol. The number of methoxy groups -OCH3 is 1. The van der Waals surface area contributed by atoms with E-state index in [0.717, 1.165) is 34.0 Å². The average Bonchev–Trinajstić information content (AvgIpc) is 3.08. The molecule has 0 radical (unpaired) electrons. The second-order valence-corrected chi connectivity index (χ2v) is 6.88. The minimum Gasteiger partial charge on any atom is -0.497 e. The molecule has 0 aliphatic carbocycles. The van der Waals surface area contributed by atoms with E-state index in [1.807, 2.05) is 80.6 Å². The number of ether oxygens (including phenoxy) is 1. The van der Waals surface area contributed by atoms with Crippen LogP contribution < -0.4 is 10.1 Å². The quantitative estimate of drug-likeness (QED) is 0.391. The molecular formula is C26H23N3O2. The number of hydrogen-bond acceptors (Lipinski definition) is 3. The van der Waals surface area contributed by atoms with Gasteiger partial charge in [0, 0.05) is 22.6 Å². The molecule has 1 amide bonds. The number of benzene rings is 2. The molecule has 1 N–H and O–H groups in total. The van der Waals surface area contributed by atoms with Crippen LogP contribution in [0.2, 0.25) is 0 Å². The van der Waals surface area contributed by atoms with E-state index < -0.39 is 5.91 Å². The number of nitriles is 1. The molecule has 3 aromatic rings. The first kappa shape index (κ1) is 21.5. The summed E-state index contributed by atoms with van der Waals surface area (Å²) < 4.78 is 7.29. The van der Waals surface area contributed by atoms with E-state index >= 15 is 0 Å². The molecule has 0 unspecified atom stereocenters. The van der Waals surface area contributed by atoms with Crippen LogP contribution in [0.15, 0.2) is 66.2 Å². The SMILES string of the molecule is COc1ccc(-n2c(C)cc(/C=C(\C#N)C(=O)NCC#Cc3ccccc3)c2C)cc1. The first-order chi connectivity index (χ1) is 15.0. The Balaban J connectivity index is 1.76. The fraction of sp³-hybridized carbons (Fsp3) is 0.154. The standard InChI is InChI=1S/C26H23N3O2/c1-19-16-22(20(2)29(19)24-11-13-25(31-3)14-12-24)17-23(18-27)26(30)28-15-7-10-21-8-5-4-6-9-21/h4-6,8-9,11-14,16-17H,15H2,1-3H3,(H,28,30)/b23-17+. The van der Waals surface area contributed by atoms with Gasteiger partial charge in [-0.05, 0) is 68.0 Å². The summed E-state index contributed by atoms with van der Waals surface area (Å²) >= 11 is 0. The maximum absolute atomic E-state index is 12.4. The Morgan fingerprint density at radius 3 is 2.48 bits per heavy atom. The zero-order valence-electron chi connectivity index (χ0n) is 17.8. The molecule has 5 heteroatoms. The lowest BCUT2D eigenvalue weighted by Gasteiger charge is -2.10. The lowest BCUT2D eigenvalue weighted by molar-refractivity contribution is -0.116.